The summed E-state index contributed by atoms with van der Waals surface area (Å²) in [6.45, 7) is 0.201. The predicted octanol–water partition coefficient (Wildman–Crippen LogP) is 1.33. The first kappa shape index (κ1) is 5.83. The molecule has 1 heteroatoms. The minimum absolute atomic E-state index is 0.201. The standard InChI is InChI=1S/C7H12O/c8-6-2-1-3-7-4-5-7/h1-2,7-8H,3-6H2/b2-1+. The number of rotatable bonds is 3. The molecular formula is C7H12O. The quantitative estimate of drug-likeness (QED) is 0.546. The SMILES string of the molecule is OC/C=C/CC1CC1. The Morgan fingerprint density at radius 2 is 2.12 bits per heavy atom. The molecule has 0 aromatic rings. The molecule has 0 unspecified atom stereocenters. The molecular weight excluding hydrogens is 100 g/mol. The van der Waals surface area contributed by atoms with E-state index in [9.17, 15) is 0 Å². The van der Waals surface area contributed by atoms with Crippen molar-refractivity contribution < 1.29 is 5.11 Å². The first-order chi connectivity index (χ1) is 3.93. The second kappa shape index (κ2) is 2.88. The molecule has 1 N–H and O–H groups in total. The molecule has 0 aromatic heterocycles. The number of allylic oxidation sites excluding steroid dienone is 1. The summed E-state index contributed by atoms with van der Waals surface area (Å²) in [5.74, 6) is 0.956. The van der Waals surface area contributed by atoms with Gasteiger partial charge in [0.25, 0.3) is 0 Å². The Morgan fingerprint density at radius 1 is 1.38 bits per heavy atom. The maximum Gasteiger partial charge on any atom is 0.0612 e. The van der Waals surface area contributed by atoms with Crippen LogP contribution in [0.2, 0.25) is 0 Å². The van der Waals surface area contributed by atoms with Crippen molar-refractivity contribution in [2.24, 2.45) is 5.92 Å². The van der Waals surface area contributed by atoms with E-state index < -0.39 is 0 Å². The Kier molecular flexibility index (Phi) is 2.10. The minimum atomic E-state index is 0.201. The Hall–Kier alpha value is -0.300. The van der Waals surface area contributed by atoms with Crippen LogP contribution in [0.5, 0.6) is 0 Å². The summed E-state index contributed by atoms with van der Waals surface area (Å²) >= 11 is 0. The van der Waals surface area contributed by atoms with Gasteiger partial charge in [-0.3, -0.25) is 0 Å². The van der Waals surface area contributed by atoms with Crippen LogP contribution in [0.4, 0.5) is 0 Å². The number of hydrogen-bond acceptors (Lipinski definition) is 1. The van der Waals surface area contributed by atoms with Crippen LogP contribution in [0.1, 0.15) is 19.3 Å². The van der Waals surface area contributed by atoms with Crippen molar-refractivity contribution >= 4 is 0 Å². The van der Waals surface area contributed by atoms with E-state index in [1.54, 1.807) is 0 Å². The molecule has 0 bridgehead atoms. The third-order valence-corrected chi connectivity index (χ3v) is 1.44. The summed E-state index contributed by atoms with van der Waals surface area (Å²) < 4.78 is 0. The Bertz CT molecular complexity index is 82.4. The summed E-state index contributed by atoms with van der Waals surface area (Å²) in [4.78, 5) is 0. The van der Waals surface area contributed by atoms with E-state index in [1.807, 2.05) is 6.08 Å². The predicted molar refractivity (Wildman–Crippen MR) is 33.6 cm³/mol. The van der Waals surface area contributed by atoms with Crippen LogP contribution in [-0.2, 0) is 0 Å². The molecule has 1 rings (SSSR count). The molecule has 0 atom stereocenters. The van der Waals surface area contributed by atoms with Crippen molar-refractivity contribution in [3.8, 4) is 0 Å². The average molecular weight is 112 g/mol. The molecule has 8 heavy (non-hydrogen) atoms. The lowest BCUT2D eigenvalue weighted by Crippen LogP contribution is -1.72. The Morgan fingerprint density at radius 3 is 2.62 bits per heavy atom. The fourth-order valence-corrected chi connectivity index (χ4v) is 0.717. The van der Waals surface area contributed by atoms with Crippen LogP contribution in [-0.4, -0.2) is 11.7 Å². The second-order valence-corrected chi connectivity index (χ2v) is 2.33. The van der Waals surface area contributed by atoms with Gasteiger partial charge in [-0.25, -0.2) is 0 Å². The first-order valence-electron chi connectivity index (χ1n) is 3.19. The second-order valence-electron chi connectivity index (χ2n) is 2.33. The highest BCUT2D eigenvalue weighted by Crippen LogP contribution is 2.32. The maximum atomic E-state index is 8.31. The van der Waals surface area contributed by atoms with Crippen molar-refractivity contribution in [2.45, 2.75) is 19.3 Å². The van der Waals surface area contributed by atoms with Gasteiger partial charge in [-0.1, -0.05) is 12.2 Å². The van der Waals surface area contributed by atoms with E-state index in [0.29, 0.717) is 0 Å². The summed E-state index contributed by atoms with van der Waals surface area (Å²) in [6, 6.07) is 0. The van der Waals surface area contributed by atoms with Gasteiger partial charge in [0.1, 0.15) is 0 Å². The van der Waals surface area contributed by atoms with E-state index in [4.69, 9.17) is 5.11 Å². The normalized spacial score (nSPS) is 20.1. The lowest BCUT2D eigenvalue weighted by molar-refractivity contribution is 0.342. The monoisotopic (exact) mass is 112 g/mol. The molecule has 0 amide bonds. The van der Waals surface area contributed by atoms with Crippen molar-refractivity contribution in [1.29, 1.82) is 0 Å². The third-order valence-electron chi connectivity index (χ3n) is 1.44. The lowest BCUT2D eigenvalue weighted by atomic mass is 10.3. The zero-order valence-corrected chi connectivity index (χ0v) is 5.01. The first-order valence-corrected chi connectivity index (χ1v) is 3.19. The summed E-state index contributed by atoms with van der Waals surface area (Å²) in [5.41, 5.74) is 0. The largest absolute Gasteiger partial charge is 0.392 e. The molecule has 0 aliphatic heterocycles. The highest BCUT2D eigenvalue weighted by molar-refractivity contribution is 4.87. The highest BCUT2D eigenvalue weighted by Gasteiger charge is 2.18. The number of aliphatic hydroxyl groups is 1. The van der Waals surface area contributed by atoms with Crippen molar-refractivity contribution in [2.75, 3.05) is 6.61 Å². The topological polar surface area (TPSA) is 20.2 Å². The zero-order valence-electron chi connectivity index (χ0n) is 5.01. The van der Waals surface area contributed by atoms with E-state index in [2.05, 4.69) is 6.08 Å². The lowest BCUT2D eigenvalue weighted by Gasteiger charge is -1.82. The van der Waals surface area contributed by atoms with E-state index in [0.717, 1.165) is 5.92 Å². The van der Waals surface area contributed by atoms with Gasteiger partial charge in [-0.05, 0) is 25.2 Å². The molecule has 0 heterocycles. The fourth-order valence-electron chi connectivity index (χ4n) is 0.717. The van der Waals surface area contributed by atoms with Crippen LogP contribution in [0.3, 0.4) is 0 Å². The van der Waals surface area contributed by atoms with E-state index in [-0.39, 0.29) is 6.61 Å². The van der Waals surface area contributed by atoms with Crippen molar-refractivity contribution in [3.05, 3.63) is 12.2 Å². The summed E-state index contributed by atoms with van der Waals surface area (Å²) in [7, 11) is 0. The van der Waals surface area contributed by atoms with Gasteiger partial charge in [-0.2, -0.15) is 0 Å². The molecule has 1 saturated carbocycles. The minimum Gasteiger partial charge on any atom is -0.392 e. The summed E-state index contributed by atoms with van der Waals surface area (Å²) in [6.07, 6.45) is 7.86. The van der Waals surface area contributed by atoms with Crippen LogP contribution < -0.4 is 0 Å². The van der Waals surface area contributed by atoms with E-state index in [1.165, 1.54) is 19.3 Å². The van der Waals surface area contributed by atoms with Gasteiger partial charge in [0.15, 0.2) is 0 Å². The molecule has 0 saturated heterocycles. The van der Waals surface area contributed by atoms with Gasteiger partial charge >= 0.3 is 0 Å². The van der Waals surface area contributed by atoms with E-state index >= 15 is 0 Å². The maximum absolute atomic E-state index is 8.31. The molecule has 0 aromatic carbocycles. The number of aliphatic hydroxyl groups excluding tert-OH is 1. The molecule has 0 radical (unpaired) electrons. The fraction of sp³-hybridized carbons (Fsp3) is 0.714. The van der Waals surface area contributed by atoms with Crippen LogP contribution in [0.25, 0.3) is 0 Å². The molecule has 1 aliphatic rings. The highest BCUT2D eigenvalue weighted by atomic mass is 16.2. The van der Waals surface area contributed by atoms with Gasteiger partial charge in [0.05, 0.1) is 6.61 Å². The third kappa shape index (κ3) is 2.12. The Labute approximate surface area is 50.0 Å². The number of hydrogen-bond donors (Lipinski definition) is 1. The van der Waals surface area contributed by atoms with Crippen molar-refractivity contribution in [3.63, 3.8) is 0 Å². The summed E-state index contributed by atoms with van der Waals surface area (Å²) in [5, 5.41) is 8.31. The van der Waals surface area contributed by atoms with Crippen LogP contribution >= 0.6 is 0 Å². The van der Waals surface area contributed by atoms with Gasteiger partial charge in [0, 0.05) is 0 Å². The smallest absolute Gasteiger partial charge is 0.0612 e. The van der Waals surface area contributed by atoms with Gasteiger partial charge in [0.2, 0.25) is 0 Å². The molecule has 46 valence electrons. The van der Waals surface area contributed by atoms with Gasteiger partial charge in [-0.15, -0.1) is 0 Å². The van der Waals surface area contributed by atoms with Crippen LogP contribution in [0.15, 0.2) is 12.2 Å². The zero-order chi connectivity index (χ0) is 5.82. The van der Waals surface area contributed by atoms with Crippen molar-refractivity contribution in [1.82, 2.24) is 0 Å². The average Bonchev–Trinajstić information content (AvgIpc) is 2.51. The molecule has 1 aliphatic carbocycles. The molecule has 0 spiro atoms. The van der Waals surface area contributed by atoms with Gasteiger partial charge < -0.3 is 5.11 Å². The molecule has 1 fully saturated rings. The molecule has 1 nitrogen and oxygen atoms in total. The Balaban J connectivity index is 1.93. The van der Waals surface area contributed by atoms with Crippen LogP contribution in [0, 0.1) is 5.92 Å².